The third kappa shape index (κ3) is 2.39. The van der Waals surface area contributed by atoms with Crippen molar-refractivity contribution in [2.24, 2.45) is 0 Å². The summed E-state index contributed by atoms with van der Waals surface area (Å²) in [5.41, 5.74) is 1.80. The highest BCUT2D eigenvalue weighted by atomic mass is 16.6. The Morgan fingerprint density at radius 3 is 2.82 bits per heavy atom. The maximum atomic E-state index is 11.6. The molecule has 1 aromatic rings. The minimum Gasteiger partial charge on any atom is -0.465 e. The first-order chi connectivity index (χ1) is 10.5. The summed E-state index contributed by atoms with van der Waals surface area (Å²) in [5.74, 6) is -0.563. The van der Waals surface area contributed by atoms with Gasteiger partial charge in [0, 0.05) is 18.2 Å². The highest BCUT2D eigenvalue weighted by molar-refractivity contribution is 5.91. The van der Waals surface area contributed by atoms with Gasteiger partial charge >= 0.3 is 5.97 Å². The van der Waals surface area contributed by atoms with E-state index in [9.17, 15) is 14.9 Å². The quantitative estimate of drug-likeness (QED) is 0.487. The van der Waals surface area contributed by atoms with E-state index in [-0.39, 0.29) is 11.3 Å². The van der Waals surface area contributed by atoms with Crippen molar-refractivity contribution in [2.75, 3.05) is 14.2 Å². The topological polar surface area (TPSA) is 72.7 Å². The molecule has 1 aromatic carbocycles. The molecule has 2 aliphatic heterocycles. The van der Waals surface area contributed by atoms with Crippen molar-refractivity contribution < 1.29 is 14.5 Å². The van der Waals surface area contributed by atoms with Crippen molar-refractivity contribution in [2.45, 2.75) is 31.3 Å². The second-order valence-corrected chi connectivity index (χ2v) is 5.84. The Morgan fingerprint density at radius 1 is 1.41 bits per heavy atom. The average Bonchev–Trinajstić information content (AvgIpc) is 2.75. The van der Waals surface area contributed by atoms with Gasteiger partial charge in [-0.25, -0.2) is 4.79 Å². The van der Waals surface area contributed by atoms with E-state index in [2.05, 4.69) is 22.8 Å². The zero-order chi connectivity index (χ0) is 15.9. The molecule has 2 aliphatic rings. The average molecular weight is 302 g/mol. The molecule has 116 valence electrons. The van der Waals surface area contributed by atoms with Crippen LogP contribution < -0.4 is 0 Å². The molecule has 1 fully saturated rings. The van der Waals surface area contributed by atoms with Crippen LogP contribution in [0.15, 0.2) is 24.3 Å². The lowest BCUT2D eigenvalue weighted by atomic mass is 9.93. The van der Waals surface area contributed by atoms with Gasteiger partial charge in [-0.15, -0.1) is 0 Å². The van der Waals surface area contributed by atoms with E-state index in [1.54, 1.807) is 12.1 Å². The van der Waals surface area contributed by atoms with Gasteiger partial charge in [0.25, 0.3) is 5.69 Å². The van der Waals surface area contributed by atoms with Crippen molar-refractivity contribution in [3.05, 3.63) is 45.5 Å². The van der Waals surface area contributed by atoms with Crippen molar-refractivity contribution in [3.8, 4) is 0 Å². The zero-order valence-electron chi connectivity index (χ0n) is 12.6. The Hall–Kier alpha value is -2.21. The number of nitro groups is 1. The van der Waals surface area contributed by atoms with E-state index in [0.29, 0.717) is 17.6 Å². The molecular formula is C16H18N2O4. The number of hydrogen-bond acceptors (Lipinski definition) is 5. The number of hydrogen-bond donors (Lipinski definition) is 0. The normalized spacial score (nSPS) is 24.0. The number of carbonyl (C=O) groups excluding carboxylic acids is 1. The van der Waals surface area contributed by atoms with Gasteiger partial charge in [0.1, 0.15) is 0 Å². The van der Waals surface area contributed by atoms with Crippen LogP contribution in [0.2, 0.25) is 0 Å². The molecule has 2 atom stereocenters. The van der Waals surface area contributed by atoms with Gasteiger partial charge in [0.2, 0.25) is 0 Å². The fourth-order valence-corrected chi connectivity index (χ4v) is 3.44. The van der Waals surface area contributed by atoms with Crippen LogP contribution in [-0.2, 0) is 4.74 Å². The predicted molar refractivity (Wildman–Crippen MR) is 81.6 cm³/mol. The molecule has 6 nitrogen and oxygen atoms in total. The number of carbonyl (C=O) groups is 1. The second kappa shape index (κ2) is 5.53. The lowest BCUT2D eigenvalue weighted by molar-refractivity contribution is -0.385. The maximum Gasteiger partial charge on any atom is 0.338 e. The van der Waals surface area contributed by atoms with E-state index in [0.717, 1.165) is 24.8 Å². The summed E-state index contributed by atoms with van der Waals surface area (Å²) >= 11 is 0. The molecule has 2 heterocycles. The minimum absolute atomic E-state index is 0.0295. The highest BCUT2D eigenvalue weighted by Gasteiger charge is 2.35. The number of nitro benzene ring substituents is 1. The molecule has 2 bridgehead atoms. The summed E-state index contributed by atoms with van der Waals surface area (Å²) in [4.78, 5) is 24.9. The third-order valence-corrected chi connectivity index (χ3v) is 4.71. The number of nitrogens with zero attached hydrogens (tertiary/aromatic N) is 2. The number of ether oxygens (including phenoxy) is 1. The van der Waals surface area contributed by atoms with Gasteiger partial charge in [-0.05, 0) is 44.0 Å². The van der Waals surface area contributed by atoms with Gasteiger partial charge in [-0.3, -0.25) is 15.0 Å². The van der Waals surface area contributed by atoms with E-state index >= 15 is 0 Å². The molecule has 3 rings (SSSR count). The van der Waals surface area contributed by atoms with Crippen LogP contribution >= 0.6 is 0 Å². The van der Waals surface area contributed by atoms with Gasteiger partial charge in [0.15, 0.2) is 0 Å². The largest absolute Gasteiger partial charge is 0.465 e. The molecule has 0 aliphatic carbocycles. The molecule has 0 amide bonds. The summed E-state index contributed by atoms with van der Waals surface area (Å²) in [5, 5.41) is 11.4. The summed E-state index contributed by atoms with van der Waals surface area (Å²) in [6.07, 6.45) is 5.16. The van der Waals surface area contributed by atoms with Crippen molar-refractivity contribution >= 4 is 17.2 Å². The molecule has 0 saturated carbocycles. The van der Waals surface area contributed by atoms with Crippen molar-refractivity contribution in [3.63, 3.8) is 0 Å². The molecule has 0 aromatic heterocycles. The number of benzene rings is 1. The van der Waals surface area contributed by atoms with E-state index in [4.69, 9.17) is 0 Å². The van der Waals surface area contributed by atoms with Gasteiger partial charge in [-0.2, -0.15) is 0 Å². The first-order valence-corrected chi connectivity index (χ1v) is 7.31. The molecule has 22 heavy (non-hydrogen) atoms. The van der Waals surface area contributed by atoms with Crippen LogP contribution in [0, 0.1) is 10.1 Å². The van der Waals surface area contributed by atoms with E-state index in [1.165, 1.54) is 13.2 Å². The van der Waals surface area contributed by atoms with Crippen LogP contribution in [0.1, 0.15) is 35.2 Å². The third-order valence-electron chi connectivity index (χ3n) is 4.71. The van der Waals surface area contributed by atoms with Gasteiger partial charge in [0.05, 0.1) is 23.2 Å². The Balaban J connectivity index is 2.02. The first kappa shape index (κ1) is 14.7. The maximum absolute atomic E-state index is 11.6. The standard InChI is InChI=1S/C16H18N2O4/c1-17-12-4-5-13(17)8-11(7-12)14-6-3-10(16(19)22-2)9-15(14)18(20)21/h3,6-7,9,12-13H,4-5,8H2,1-2H3. The Labute approximate surface area is 128 Å². The molecule has 0 N–H and O–H groups in total. The SMILES string of the molecule is COC(=O)c1ccc(C2=CC3CCC(C2)N3C)c([N+](=O)[O-])c1. The van der Waals surface area contributed by atoms with Crippen molar-refractivity contribution in [1.29, 1.82) is 0 Å². The Morgan fingerprint density at radius 2 is 2.18 bits per heavy atom. The molecule has 2 unspecified atom stereocenters. The van der Waals surface area contributed by atoms with Crippen LogP contribution in [-0.4, -0.2) is 42.0 Å². The van der Waals surface area contributed by atoms with E-state index in [1.807, 2.05) is 0 Å². The Kier molecular flexibility index (Phi) is 3.70. The molecule has 0 radical (unpaired) electrons. The number of esters is 1. The first-order valence-electron chi connectivity index (χ1n) is 7.31. The molecule has 1 saturated heterocycles. The van der Waals surface area contributed by atoms with Gasteiger partial charge < -0.3 is 4.74 Å². The highest BCUT2D eigenvalue weighted by Crippen LogP contribution is 2.40. The molecular weight excluding hydrogens is 284 g/mol. The summed E-state index contributed by atoms with van der Waals surface area (Å²) in [7, 11) is 3.36. The van der Waals surface area contributed by atoms with Crippen LogP contribution in [0.25, 0.3) is 5.57 Å². The lowest BCUT2D eigenvalue weighted by Gasteiger charge is -2.30. The van der Waals surface area contributed by atoms with Crippen LogP contribution in [0.5, 0.6) is 0 Å². The summed E-state index contributed by atoms with van der Waals surface area (Å²) < 4.78 is 4.63. The molecule has 6 heteroatoms. The van der Waals surface area contributed by atoms with Crippen LogP contribution in [0.4, 0.5) is 5.69 Å². The summed E-state index contributed by atoms with van der Waals surface area (Å²) in [6.45, 7) is 0. The Bertz CT molecular complexity index is 668. The monoisotopic (exact) mass is 302 g/mol. The number of fused-ring (bicyclic) bond motifs is 2. The second-order valence-electron chi connectivity index (χ2n) is 5.84. The number of methoxy groups -OCH3 is 1. The number of likely N-dealkylation sites (N-methyl/N-ethyl adjacent to an activating group) is 1. The van der Waals surface area contributed by atoms with Gasteiger partial charge in [-0.1, -0.05) is 6.08 Å². The fraction of sp³-hybridized carbons (Fsp3) is 0.438. The zero-order valence-corrected chi connectivity index (χ0v) is 12.6. The number of rotatable bonds is 3. The van der Waals surface area contributed by atoms with E-state index < -0.39 is 10.9 Å². The minimum atomic E-state index is -0.563. The van der Waals surface area contributed by atoms with Crippen molar-refractivity contribution in [1.82, 2.24) is 4.90 Å². The molecule has 0 spiro atoms. The lowest BCUT2D eigenvalue weighted by Crippen LogP contribution is -2.34. The smallest absolute Gasteiger partial charge is 0.338 e. The summed E-state index contributed by atoms with van der Waals surface area (Å²) in [6, 6.07) is 5.37. The fourth-order valence-electron chi connectivity index (χ4n) is 3.44. The van der Waals surface area contributed by atoms with Crippen LogP contribution in [0.3, 0.4) is 0 Å². The predicted octanol–water partition coefficient (Wildman–Crippen LogP) is 2.63.